The van der Waals surface area contributed by atoms with E-state index in [0.717, 1.165) is 60.3 Å². The predicted molar refractivity (Wildman–Crippen MR) is 113 cm³/mol. The highest BCUT2D eigenvalue weighted by molar-refractivity contribution is 7.99. The molecule has 0 aliphatic carbocycles. The number of benzene rings is 1. The van der Waals surface area contributed by atoms with Gasteiger partial charge in [-0.3, -0.25) is 9.69 Å². The SMILES string of the molecule is COC(=O)C1CCN(Cc2ccc3c(c2)Nc2nccnc2S3)CCC(S)C1. The molecule has 6 nitrogen and oxygen atoms in total. The topological polar surface area (TPSA) is 67.3 Å². The highest BCUT2D eigenvalue weighted by atomic mass is 32.2. The van der Waals surface area contributed by atoms with Crippen LogP contribution in [0.5, 0.6) is 0 Å². The molecule has 28 heavy (non-hydrogen) atoms. The van der Waals surface area contributed by atoms with E-state index in [-0.39, 0.29) is 17.1 Å². The lowest BCUT2D eigenvalue weighted by Crippen LogP contribution is -2.34. The summed E-state index contributed by atoms with van der Waals surface area (Å²) in [4.78, 5) is 24.3. The Labute approximate surface area is 174 Å². The van der Waals surface area contributed by atoms with E-state index in [0.29, 0.717) is 0 Å². The first-order valence-electron chi connectivity index (χ1n) is 9.49. The van der Waals surface area contributed by atoms with E-state index in [2.05, 4.69) is 51.0 Å². The van der Waals surface area contributed by atoms with Crippen molar-refractivity contribution >= 4 is 41.9 Å². The Hall–Kier alpha value is -1.77. The van der Waals surface area contributed by atoms with Crippen LogP contribution < -0.4 is 5.32 Å². The fraction of sp³-hybridized carbons (Fsp3) is 0.450. The van der Waals surface area contributed by atoms with Crippen LogP contribution in [0.3, 0.4) is 0 Å². The molecule has 1 aromatic carbocycles. The van der Waals surface area contributed by atoms with E-state index in [4.69, 9.17) is 4.74 Å². The molecular formula is C20H24N4O2S2. The quantitative estimate of drug-likeness (QED) is 0.498. The van der Waals surface area contributed by atoms with Gasteiger partial charge in [-0.2, -0.15) is 12.6 Å². The summed E-state index contributed by atoms with van der Waals surface area (Å²) in [6, 6.07) is 6.50. The molecule has 148 valence electrons. The number of carbonyl (C=O) groups excluding carboxylic acids is 1. The Balaban J connectivity index is 1.45. The van der Waals surface area contributed by atoms with Crippen LogP contribution in [-0.4, -0.2) is 46.3 Å². The zero-order chi connectivity index (χ0) is 19.5. The molecule has 1 saturated heterocycles. The maximum absolute atomic E-state index is 12.0. The predicted octanol–water partition coefficient (Wildman–Crippen LogP) is 3.76. The number of hydrogen-bond acceptors (Lipinski definition) is 8. The molecule has 0 radical (unpaired) electrons. The maximum atomic E-state index is 12.0. The fourth-order valence-electron chi connectivity index (χ4n) is 3.72. The second kappa shape index (κ2) is 8.71. The number of esters is 1. The average Bonchev–Trinajstić information content (AvgIpc) is 2.71. The minimum atomic E-state index is -0.115. The van der Waals surface area contributed by atoms with Crippen LogP contribution in [0.25, 0.3) is 0 Å². The van der Waals surface area contributed by atoms with Gasteiger partial charge in [-0.15, -0.1) is 0 Å². The van der Waals surface area contributed by atoms with E-state index in [1.807, 2.05) is 0 Å². The number of nitrogens with zero attached hydrogens (tertiary/aromatic N) is 3. The third kappa shape index (κ3) is 4.45. The lowest BCUT2D eigenvalue weighted by atomic mass is 9.95. The third-order valence-electron chi connectivity index (χ3n) is 5.24. The van der Waals surface area contributed by atoms with Gasteiger partial charge in [0, 0.05) is 29.1 Å². The Morgan fingerprint density at radius 1 is 1.32 bits per heavy atom. The van der Waals surface area contributed by atoms with Crippen molar-refractivity contribution in [2.75, 3.05) is 25.5 Å². The van der Waals surface area contributed by atoms with Gasteiger partial charge < -0.3 is 10.1 Å². The molecule has 0 bridgehead atoms. The van der Waals surface area contributed by atoms with E-state index in [9.17, 15) is 4.79 Å². The van der Waals surface area contributed by atoms with Gasteiger partial charge in [-0.25, -0.2) is 9.97 Å². The molecule has 1 fully saturated rings. The van der Waals surface area contributed by atoms with Crippen LogP contribution in [-0.2, 0) is 16.1 Å². The second-order valence-corrected chi connectivity index (χ2v) is 8.99. The van der Waals surface area contributed by atoms with Crippen molar-refractivity contribution in [3.05, 3.63) is 36.2 Å². The Kier molecular flexibility index (Phi) is 6.08. The summed E-state index contributed by atoms with van der Waals surface area (Å²) in [7, 11) is 1.47. The number of nitrogens with one attached hydrogen (secondary N) is 1. The summed E-state index contributed by atoms with van der Waals surface area (Å²) in [5, 5.41) is 4.52. The van der Waals surface area contributed by atoms with E-state index < -0.39 is 0 Å². The number of methoxy groups -OCH3 is 1. The van der Waals surface area contributed by atoms with Crippen molar-refractivity contribution in [1.29, 1.82) is 0 Å². The second-order valence-electron chi connectivity index (χ2n) is 7.23. The zero-order valence-corrected chi connectivity index (χ0v) is 17.5. The molecule has 2 aliphatic rings. The summed E-state index contributed by atoms with van der Waals surface area (Å²) in [6.45, 7) is 2.71. The third-order valence-corrected chi connectivity index (χ3v) is 6.78. The minimum absolute atomic E-state index is 0.0630. The molecule has 8 heteroatoms. The zero-order valence-electron chi connectivity index (χ0n) is 15.8. The molecule has 1 aromatic heterocycles. The van der Waals surface area contributed by atoms with Gasteiger partial charge >= 0.3 is 5.97 Å². The maximum Gasteiger partial charge on any atom is 0.308 e. The molecule has 0 saturated carbocycles. The van der Waals surface area contributed by atoms with Crippen molar-refractivity contribution in [2.24, 2.45) is 5.92 Å². The number of hydrogen-bond donors (Lipinski definition) is 2. The van der Waals surface area contributed by atoms with Crippen LogP contribution in [0.1, 0.15) is 24.8 Å². The highest BCUT2D eigenvalue weighted by Crippen LogP contribution is 2.42. The van der Waals surface area contributed by atoms with Crippen molar-refractivity contribution in [1.82, 2.24) is 14.9 Å². The lowest BCUT2D eigenvalue weighted by molar-refractivity contribution is -0.146. The van der Waals surface area contributed by atoms with Gasteiger partial charge in [0.2, 0.25) is 0 Å². The van der Waals surface area contributed by atoms with Crippen LogP contribution in [0, 0.1) is 5.92 Å². The molecule has 2 unspecified atom stereocenters. The van der Waals surface area contributed by atoms with Crippen molar-refractivity contribution in [3.8, 4) is 0 Å². The highest BCUT2D eigenvalue weighted by Gasteiger charge is 2.26. The van der Waals surface area contributed by atoms with Gasteiger partial charge in [0.25, 0.3) is 0 Å². The molecule has 2 atom stereocenters. The van der Waals surface area contributed by atoms with Gasteiger partial charge in [-0.05, 0) is 50.0 Å². The van der Waals surface area contributed by atoms with Crippen LogP contribution in [0.2, 0.25) is 0 Å². The van der Waals surface area contributed by atoms with Crippen LogP contribution >= 0.6 is 24.4 Å². The molecular weight excluding hydrogens is 392 g/mol. The Bertz CT molecular complexity index is 864. The molecule has 2 aromatic rings. The number of aromatic nitrogens is 2. The van der Waals surface area contributed by atoms with Gasteiger partial charge in [0.1, 0.15) is 5.03 Å². The first-order chi connectivity index (χ1) is 13.6. The molecule has 0 amide bonds. The van der Waals surface area contributed by atoms with Crippen LogP contribution in [0.4, 0.5) is 11.5 Å². The fourth-order valence-corrected chi connectivity index (χ4v) is 4.97. The van der Waals surface area contributed by atoms with E-state index >= 15 is 0 Å². The Morgan fingerprint density at radius 3 is 3.00 bits per heavy atom. The van der Waals surface area contributed by atoms with E-state index in [1.54, 1.807) is 24.2 Å². The summed E-state index contributed by atoms with van der Waals surface area (Å²) in [5.74, 6) is 0.630. The molecule has 4 rings (SSSR count). The summed E-state index contributed by atoms with van der Waals surface area (Å²) >= 11 is 6.31. The van der Waals surface area contributed by atoms with Gasteiger partial charge in [0.05, 0.1) is 18.7 Å². The smallest absolute Gasteiger partial charge is 0.308 e. The van der Waals surface area contributed by atoms with Crippen molar-refractivity contribution in [3.63, 3.8) is 0 Å². The summed E-state index contributed by atoms with van der Waals surface area (Å²) < 4.78 is 4.97. The van der Waals surface area contributed by atoms with Gasteiger partial charge in [-0.1, -0.05) is 17.8 Å². The minimum Gasteiger partial charge on any atom is -0.469 e. The average molecular weight is 417 g/mol. The Morgan fingerprint density at radius 2 is 2.14 bits per heavy atom. The molecule has 2 aliphatic heterocycles. The summed E-state index contributed by atoms with van der Waals surface area (Å²) in [6.07, 6.45) is 5.99. The molecule has 3 heterocycles. The van der Waals surface area contributed by atoms with Gasteiger partial charge in [0.15, 0.2) is 5.82 Å². The first-order valence-corrected chi connectivity index (χ1v) is 10.8. The van der Waals surface area contributed by atoms with E-state index in [1.165, 1.54) is 12.7 Å². The summed E-state index contributed by atoms with van der Waals surface area (Å²) in [5.41, 5.74) is 2.31. The number of carbonyl (C=O) groups is 1. The largest absolute Gasteiger partial charge is 0.469 e. The van der Waals surface area contributed by atoms with Crippen molar-refractivity contribution in [2.45, 2.75) is 41.0 Å². The number of rotatable bonds is 3. The first kappa shape index (κ1) is 19.5. The number of ether oxygens (including phenoxy) is 1. The standard InChI is InChI=1S/C20H24N4O2S2/c1-26-20(25)14-4-8-24(9-5-15(27)11-14)12-13-2-3-17-16(10-13)23-18-19(28-17)22-7-6-21-18/h2-3,6-7,10,14-15,27H,4-5,8-9,11-12H2,1H3,(H,21,23). The van der Waals surface area contributed by atoms with Crippen LogP contribution in [0.15, 0.2) is 40.5 Å². The number of thiol groups is 1. The van der Waals surface area contributed by atoms with Crippen molar-refractivity contribution < 1.29 is 9.53 Å². The molecule has 0 spiro atoms. The molecule has 1 N–H and O–H groups in total. The number of likely N-dealkylation sites (tertiary alicyclic amines) is 1. The number of fused-ring (bicyclic) bond motifs is 2. The monoisotopic (exact) mass is 416 g/mol. The normalized spacial score (nSPS) is 22.2. The number of anilines is 2. The lowest BCUT2D eigenvalue weighted by Gasteiger charge is -2.30.